The monoisotopic (exact) mass is 226 g/mol. The SMILES string of the molecule is COC(=O)C[C@H]1CC=CC[C@@H]1CC(=O)OC. The van der Waals surface area contributed by atoms with Crippen LogP contribution in [0.15, 0.2) is 12.2 Å². The number of rotatable bonds is 4. The lowest BCUT2D eigenvalue weighted by molar-refractivity contribution is -0.145. The van der Waals surface area contributed by atoms with Gasteiger partial charge in [0, 0.05) is 12.8 Å². The molecule has 90 valence electrons. The fourth-order valence-electron chi connectivity index (χ4n) is 2.02. The third-order valence-corrected chi connectivity index (χ3v) is 3.02. The van der Waals surface area contributed by atoms with Gasteiger partial charge in [-0.1, -0.05) is 12.2 Å². The van der Waals surface area contributed by atoms with Gasteiger partial charge in [-0.2, -0.15) is 0 Å². The van der Waals surface area contributed by atoms with Crippen molar-refractivity contribution >= 4 is 11.9 Å². The lowest BCUT2D eigenvalue weighted by Gasteiger charge is -2.26. The van der Waals surface area contributed by atoms with Crippen LogP contribution < -0.4 is 0 Å². The van der Waals surface area contributed by atoms with E-state index in [-0.39, 0.29) is 23.8 Å². The van der Waals surface area contributed by atoms with Crippen molar-refractivity contribution in [2.75, 3.05) is 14.2 Å². The number of esters is 2. The van der Waals surface area contributed by atoms with Crippen LogP contribution in [0.5, 0.6) is 0 Å². The summed E-state index contributed by atoms with van der Waals surface area (Å²) in [4.78, 5) is 22.4. The van der Waals surface area contributed by atoms with E-state index in [9.17, 15) is 9.59 Å². The van der Waals surface area contributed by atoms with Crippen LogP contribution in [0.25, 0.3) is 0 Å². The molecule has 16 heavy (non-hydrogen) atoms. The molecule has 4 nitrogen and oxygen atoms in total. The van der Waals surface area contributed by atoms with Gasteiger partial charge in [-0.05, 0) is 24.7 Å². The molecule has 0 aromatic heterocycles. The molecular weight excluding hydrogens is 208 g/mol. The van der Waals surface area contributed by atoms with Gasteiger partial charge in [-0.15, -0.1) is 0 Å². The van der Waals surface area contributed by atoms with Crippen molar-refractivity contribution < 1.29 is 19.1 Å². The molecule has 0 aliphatic heterocycles. The Hall–Kier alpha value is -1.32. The Labute approximate surface area is 95.6 Å². The van der Waals surface area contributed by atoms with E-state index in [0.29, 0.717) is 12.8 Å². The third-order valence-electron chi connectivity index (χ3n) is 3.02. The van der Waals surface area contributed by atoms with Crippen molar-refractivity contribution in [3.05, 3.63) is 12.2 Å². The van der Waals surface area contributed by atoms with Gasteiger partial charge in [0.05, 0.1) is 14.2 Å². The Bertz CT molecular complexity index is 255. The average Bonchev–Trinajstić information content (AvgIpc) is 2.31. The number of hydrogen-bond acceptors (Lipinski definition) is 4. The van der Waals surface area contributed by atoms with Gasteiger partial charge in [0.25, 0.3) is 0 Å². The van der Waals surface area contributed by atoms with E-state index in [1.807, 2.05) is 0 Å². The maximum Gasteiger partial charge on any atom is 0.305 e. The van der Waals surface area contributed by atoms with Crippen LogP contribution in [-0.2, 0) is 19.1 Å². The topological polar surface area (TPSA) is 52.6 Å². The maximum atomic E-state index is 11.2. The Balaban J connectivity index is 2.54. The molecular formula is C12H18O4. The molecule has 1 rings (SSSR count). The van der Waals surface area contributed by atoms with Gasteiger partial charge in [-0.25, -0.2) is 0 Å². The van der Waals surface area contributed by atoms with E-state index in [1.165, 1.54) is 14.2 Å². The van der Waals surface area contributed by atoms with Gasteiger partial charge in [0.2, 0.25) is 0 Å². The summed E-state index contributed by atoms with van der Waals surface area (Å²) in [6.45, 7) is 0. The molecule has 0 aromatic rings. The van der Waals surface area contributed by atoms with E-state index < -0.39 is 0 Å². The van der Waals surface area contributed by atoms with Crippen LogP contribution in [-0.4, -0.2) is 26.2 Å². The predicted octanol–water partition coefficient (Wildman–Crippen LogP) is 1.70. The molecule has 0 radical (unpaired) electrons. The highest BCUT2D eigenvalue weighted by Crippen LogP contribution is 2.31. The highest BCUT2D eigenvalue weighted by Gasteiger charge is 2.27. The fraction of sp³-hybridized carbons (Fsp3) is 0.667. The molecule has 0 bridgehead atoms. The molecule has 0 unspecified atom stereocenters. The number of ether oxygens (including phenoxy) is 2. The van der Waals surface area contributed by atoms with E-state index in [4.69, 9.17) is 0 Å². The molecule has 1 aliphatic carbocycles. The highest BCUT2D eigenvalue weighted by atomic mass is 16.5. The summed E-state index contributed by atoms with van der Waals surface area (Å²) in [6, 6.07) is 0. The molecule has 0 N–H and O–H groups in total. The molecule has 0 amide bonds. The van der Waals surface area contributed by atoms with Crippen molar-refractivity contribution in [3.8, 4) is 0 Å². The van der Waals surface area contributed by atoms with Crippen molar-refractivity contribution in [1.29, 1.82) is 0 Å². The molecule has 0 saturated carbocycles. The predicted molar refractivity (Wildman–Crippen MR) is 58.6 cm³/mol. The summed E-state index contributed by atoms with van der Waals surface area (Å²) in [7, 11) is 2.77. The zero-order valence-electron chi connectivity index (χ0n) is 9.77. The van der Waals surface area contributed by atoms with Crippen LogP contribution in [0.2, 0.25) is 0 Å². The minimum atomic E-state index is -0.213. The number of hydrogen-bond donors (Lipinski definition) is 0. The normalized spacial score (nSPS) is 23.9. The summed E-state index contributed by atoms with van der Waals surface area (Å²) in [5.41, 5.74) is 0. The van der Waals surface area contributed by atoms with Crippen molar-refractivity contribution in [3.63, 3.8) is 0 Å². The lowest BCUT2D eigenvalue weighted by atomic mass is 9.79. The zero-order chi connectivity index (χ0) is 12.0. The number of allylic oxidation sites excluding steroid dienone is 2. The van der Waals surface area contributed by atoms with Gasteiger partial charge in [-0.3, -0.25) is 9.59 Å². The van der Waals surface area contributed by atoms with Crippen LogP contribution >= 0.6 is 0 Å². The minimum Gasteiger partial charge on any atom is -0.469 e. The zero-order valence-corrected chi connectivity index (χ0v) is 9.77. The third kappa shape index (κ3) is 3.68. The fourth-order valence-corrected chi connectivity index (χ4v) is 2.02. The van der Waals surface area contributed by atoms with Crippen LogP contribution in [0.4, 0.5) is 0 Å². The number of methoxy groups -OCH3 is 2. The largest absolute Gasteiger partial charge is 0.469 e. The second kappa shape index (κ2) is 6.30. The van der Waals surface area contributed by atoms with Gasteiger partial charge in [0.1, 0.15) is 0 Å². The van der Waals surface area contributed by atoms with E-state index in [2.05, 4.69) is 21.6 Å². The second-order valence-corrected chi connectivity index (χ2v) is 4.02. The molecule has 0 saturated heterocycles. The average molecular weight is 226 g/mol. The van der Waals surface area contributed by atoms with E-state index >= 15 is 0 Å². The van der Waals surface area contributed by atoms with Crippen LogP contribution in [0.1, 0.15) is 25.7 Å². The Morgan fingerprint density at radius 1 is 1.00 bits per heavy atom. The smallest absolute Gasteiger partial charge is 0.305 e. The Kier molecular flexibility index (Phi) is 5.02. The highest BCUT2D eigenvalue weighted by molar-refractivity contribution is 5.71. The first-order valence-electron chi connectivity index (χ1n) is 5.46. The molecule has 2 atom stereocenters. The Morgan fingerprint density at radius 2 is 1.38 bits per heavy atom. The van der Waals surface area contributed by atoms with Crippen LogP contribution in [0.3, 0.4) is 0 Å². The number of carbonyl (C=O) groups is 2. The summed E-state index contributed by atoms with van der Waals surface area (Å²) in [6.07, 6.45) is 6.53. The second-order valence-electron chi connectivity index (χ2n) is 4.02. The molecule has 1 aliphatic rings. The van der Waals surface area contributed by atoms with Gasteiger partial charge < -0.3 is 9.47 Å². The van der Waals surface area contributed by atoms with Crippen LogP contribution in [0, 0.1) is 11.8 Å². The molecule has 0 heterocycles. The standard InChI is InChI=1S/C12H18O4/c1-15-11(13)7-9-5-3-4-6-10(9)8-12(14)16-2/h3-4,9-10H,5-8H2,1-2H3/t9-,10-/m1/s1. The Morgan fingerprint density at radius 3 is 1.69 bits per heavy atom. The molecule has 0 spiro atoms. The van der Waals surface area contributed by atoms with E-state index in [0.717, 1.165) is 12.8 Å². The van der Waals surface area contributed by atoms with Crippen molar-refractivity contribution in [2.45, 2.75) is 25.7 Å². The first kappa shape index (κ1) is 12.7. The molecule has 0 fully saturated rings. The summed E-state index contributed by atoms with van der Waals surface area (Å²) in [5, 5.41) is 0. The number of carbonyl (C=O) groups excluding carboxylic acids is 2. The van der Waals surface area contributed by atoms with Gasteiger partial charge in [0.15, 0.2) is 0 Å². The van der Waals surface area contributed by atoms with Crippen molar-refractivity contribution in [2.24, 2.45) is 11.8 Å². The summed E-state index contributed by atoms with van der Waals surface area (Å²) < 4.78 is 9.31. The first-order chi connectivity index (χ1) is 7.67. The summed E-state index contributed by atoms with van der Waals surface area (Å²) >= 11 is 0. The summed E-state index contributed by atoms with van der Waals surface area (Å²) in [5.74, 6) is -0.0431. The minimum absolute atomic E-state index is 0.191. The lowest BCUT2D eigenvalue weighted by Crippen LogP contribution is -2.23. The molecule has 0 aromatic carbocycles. The molecule has 4 heteroatoms. The van der Waals surface area contributed by atoms with E-state index in [1.54, 1.807) is 0 Å². The van der Waals surface area contributed by atoms with Crippen molar-refractivity contribution in [1.82, 2.24) is 0 Å². The van der Waals surface area contributed by atoms with Gasteiger partial charge >= 0.3 is 11.9 Å². The first-order valence-corrected chi connectivity index (χ1v) is 5.46. The quantitative estimate of drug-likeness (QED) is 0.540. The maximum absolute atomic E-state index is 11.2.